The summed E-state index contributed by atoms with van der Waals surface area (Å²) in [6, 6.07) is 22.8. The zero-order valence-corrected chi connectivity index (χ0v) is 16.9. The molecule has 0 aliphatic carbocycles. The zero-order valence-electron chi connectivity index (χ0n) is 16.9. The highest BCUT2D eigenvalue weighted by Gasteiger charge is 2.34. The number of pyridine rings is 2. The van der Waals surface area contributed by atoms with E-state index in [4.69, 9.17) is 0 Å². The number of hydrogen-bond donors (Lipinski definition) is 1. The van der Waals surface area contributed by atoms with Crippen molar-refractivity contribution in [1.29, 1.82) is 0 Å². The van der Waals surface area contributed by atoms with E-state index in [1.807, 2.05) is 72.8 Å². The van der Waals surface area contributed by atoms with Crippen molar-refractivity contribution in [3.05, 3.63) is 101 Å². The van der Waals surface area contributed by atoms with Gasteiger partial charge >= 0.3 is 0 Å². The molecule has 1 aliphatic rings. The topological polar surface area (TPSA) is 78.4 Å². The first-order chi connectivity index (χ1) is 15.1. The number of carbonyl (C=O) groups excluding carboxylic acids is 1. The molecule has 0 bridgehead atoms. The van der Waals surface area contributed by atoms with E-state index in [2.05, 4.69) is 15.1 Å². The maximum Gasteiger partial charge on any atom is 0.258 e. The van der Waals surface area contributed by atoms with Gasteiger partial charge in [0, 0.05) is 36.0 Å². The molecule has 0 radical (unpaired) electrons. The molecule has 31 heavy (non-hydrogen) atoms. The molecule has 1 atom stereocenters. The minimum atomic E-state index is -0.344. The first-order valence-corrected chi connectivity index (χ1v) is 10.1. The average Bonchev–Trinajstić information content (AvgIpc) is 3.25. The molecule has 0 saturated heterocycles. The average molecular weight is 408 g/mol. The van der Waals surface area contributed by atoms with Crippen molar-refractivity contribution >= 4 is 22.5 Å². The van der Waals surface area contributed by atoms with Crippen LogP contribution >= 0.6 is 0 Å². The maximum atomic E-state index is 13.3. The number of aromatic amines is 1. The van der Waals surface area contributed by atoms with Gasteiger partial charge in [-0.2, -0.15) is 5.10 Å². The van der Waals surface area contributed by atoms with Crippen molar-refractivity contribution in [3.63, 3.8) is 0 Å². The Morgan fingerprint density at radius 3 is 2.45 bits per heavy atom. The van der Waals surface area contributed by atoms with Crippen LogP contribution in [0.15, 0.2) is 88.9 Å². The van der Waals surface area contributed by atoms with E-state index in [9.17, 15) is 9.59 Å². The fourth-order valence-electron chi connectivity index (χ4n) is 4.18. The number of amides is 1. The summed E-state index contributed by atoms with van der Waals surface area (Å²) in [5.41, 5.74) is 4.11. The van der Waals surface area contributed by atoms with Crippen LogP contribution in [-0.2, 0) is 4.79 Å². The molecule has 1 N–H and O–H groups in total. The first-order valence-electron chi connectivity index (χ1n) is 10.1. The molecule has 0 fully saturated rings. The monoisotopic (exact) mass is 408 g/mol. The van der Waals surface area contributed by atoms with E-state index in [-0.39, 0.29) is 17.5 Å². The third kappa shape index (κ3) is 3.32. The predicted octanol–water partition coefficient (Wildman–Crippen LogP) is 4.29. The molecular weight excluding hydrogens is 388 g/mol. The Balaban J connectivity index is 1.74. The van der Waals surface area contributed by atoms with Gasteiger partial charge in [0.05, 0.1) is 17.0 Å². The Morgan fingerprint density at radius 1 is 0.968 bits per heavy atom. The predicted molar refractivity (Wildman–Crippen MR) is 121 cm³/mol. The number of nitrogens with zero attached hydrogens (tertiary/aromatic N) is 3. The van der Waals surface area contributed by atoms with Crippen molar-refractivity contribution in [3.8, 4) is 11.1 Å². The summed E-state index contributed by atoms with van der Waals surface area (Å²) in [6.45, 7) is 1.48. The summed E-state index contributed by atoms with van der Waals surface area (Å²) in [5.74, 6) is -0.191. The van der Waals surface area contributed by atoms with Crippen LogP contribution in [0.3, 0.4) is 0 Å². The van der Waals surface area contributed by atoms with E-state index in [1.54, 1.807) is 6.20 Å². The van der Waals surface area contributed by atoms with E-state index >= 15 is 0 Å². The fraction of sp³-hybridized carbons (Fsp3) is 0.120. The summed E-state index contributed by atoms with van der Waals surface area (Å²) in [7, 11) is 0. The van der Waals surface area contributed by atoms with Gasteiger partial charge in [-0.1, -0.05) is 54.6 Å². The van der Waals surface area contributed by atoms with E-state index in [0.717, 1.165) is 27.7 Å². The number of hydrazone groups is 1. The van der Waals surface area contributed by atoms with Crippen molar-refractivity contribution in [1.82, 2.24) is 15.0 Å². The Morgan fingerprint density at radius 2 is 1.71 bits per heavy atom. The second-order valence-electron chi connectivity index (χ2n) is 7.50. The Labute approximate surface area is 178 Å². The van der Waals surface area contributed by atoms with Crippen LogP contribution in [-0.4, -0.2) is 26.6 Å². The van der Waals surface area contributed by atoms with Crippen molar-refractivity contribution in [2.45, 2.75) is 19.4 Å². The molecule has 1 amide bonds. The first kappa shape index (κ1) is 18.9. The Hall–Kier alpha value is -4.06. The number of H-pyrrole nitrogens is 1. The summed E-state index contributed by atoms with van der Waals surface area (Å²) >= 11 is 0. The smallest absolute Gasteiger partial charge is 0.258 e. The number of para-hydroxylation sites is 1. The highest BCUT2D eigenvalue weighted by atomic mass is 16.2. The van der Waals surface area contributed by atoms with Gasteiger partial charge in [-0.3, -0.25) is 14.6 Å². The SMILES string of the molecule is CC(=O)N1N=C(c2c(-c3ccccc3)c3ccccc3[nH]c2=O)C[C@H]1c1ccccn1. The summed E-state index contributed by atoms with van der Waals surface area (Å²) in [5, 5.41) is 6.97. The van der Waals surface area contributed by atoms with Crippen LogP contribution in [0.25, 0.3) is 22.0 Å². The third-order valence-corrected chi connectivity index (χ3v) is 5.53. The number of carbonyl (C=O) groups is 1. The van der Waals surface area contributed by atoms with Gasteiger partial charge < -0.3 is 4.98 Å². The molecule has 6 nitrogen and oxygen atoms in total. The summed E-state index contributed by atoms with van der Waals surface area (Å²) in [4.78, 5) is 33.1. The Bertz CT molecular complexity index is 1360. The summed E-state index contributed by atoms with van der Waals surface area (Å²) < 4.78 is 0. The van der Waals surface area contributed by atoms with Crippen LogP contribution in [0.1, 0.15) is 30.6 Å². The molecule has 2 aromatic carbocycles. The van der Waals surface area contributed by atoms with Gasteiger partial charge in [0.1, 0.15) is 6.04 Å². The van der Waals surface area contributed by atoms with Gasteiger partial charge in [0.15, 0.2) is 0 Å². The van der Waals surface area contributed by atoms with Gasteiger partial charge in [-0.15, -0.1) is 0 Å². The van der Waals surface area contributed by atoms with Crippen LogP contribution in [0.4, 0.5) is 0 Å². The van der Waals surface area contributed by atoms with Crippen molar-refractivity contribution in [2.75, 3.05) is 0 Å². The van der Waals surface area contributed by atoms with Crippen LogP contribution in [0, 0.1) is 0 Å². The lowest BCUT2D eigenvalue weighted by atomic mass is 9.91. The number of nitrogens with one attached hydrogen (secondary N) is 1. The highest BCUT2D eigenvalue weighted by Crippen LogP contribution is 2.36. The lowest BCUT2D eigenvalue weighted by molar-refractivity contribution is -0.130. The normalized spacial score (nSPS) is 15.8. The number of aromatic nitrogens is 2. The van der Waals surface area contributed by atoms with Gasteiger partial charge in [-0.25, -0.2) is 5.01 Å². The zero-order chi connectivity index (χ0) is 21.4. The lowest BCUT2D eigenvalue weighted by Crippen LogP contribution is -2.24. The maximum absolute atomic E-state index is 13.3. The van der Waals surface area contributed by atoms with E-state index in [0.29, 0.717) is 17.7 Å². The number of rotatable bonds is 3. The van der Waals surface area contributed by atoms with Crippen molar-refractivity contribution < 1.29 is 4.79 Å². The second kappa shape index (κ2) is 7.65. The standard InChI is InChI=1S/C25H20N4O2/c1-16(30)29-22(20-13-7-8-14-26-20)15-21(28-29)24-23(17-9-3-2-4-10-17)18-11-5-6-12-19(18)27-25(24)31/h2-14,22H,15H2,1H3,(H,27,31)/t22-/m0/s1. The fourth-order valence-corrected chi connectivity index (χ4v) is 4.18. The Kier molecular flexibility index (Phi) is 4.67. The van der Waals surface area contributed by atoms with Gasteiger partial charge in [0.2, 0.25) is 5.91 Å². The number of fused-ring (bicyclic) bond motifs is 1. The number of hydrogen-bond acceptors (Lipinski definition) is 4. The van der Waals surface area contributed by atoms with Crippen LogP contribution in [0.2, 0.25) is 0 Å². The van der Waals surface area contributed by atoms with Crippen LogP contribution < -0.4 is 5.56 Å². The van der Waals surface area contributed by atoms with Crippen molar-refractivity contribution in [2.24, 2.45) is 5.10 Å². The molecular formula is C25H20N4O2. The van der Waals surface area contributed by atoms with E-state index in [1.165, 1.54) is 11.9 Å². The second-order valence-corrected chi connectivity index (χ2v) is 7.50. The van der Waals surface area contributed by atoms with Crippen LogP contribution in [0.5, 0.6) is 0 Å². The molecule has 0 saturated carbocycles. The molecule has 1 aliphatic heterocycles. The molecule has 2 aromatic heterocycles. The van der Waals surface area contributed by atoms with Gasteiger partial charge in [0.25, 0.3) is 5.56 Å². The lowest BCUT2D eigenvalue weighted by Gasteiger charge is -2.19. The minimum absolute atomic E-state index is 0.191. The quantitative estimate of drug-likeness (QED) is 0.549. The molecule has 4 aromatic rings. The molecule has 5 rings (SSSR count). The number of benzene rings is 2. The van der Waals surface area contributed by atoms with E-state index < -0.39 is 0 Å². The summed E-state index contributed by atoms with van der Waals surface area (Å²) in [6.07, 6.45) is 2.11. The largest absolute Gasteiger partial charge is 0.321 e. The molecule has 0 unspecified atom stereocenters. The highest BCUT2D eigenvalue weighted by molar-refractivity contribution is 6.12. The molecule has 3 heterocycles. The molecule has 152 valence electrons. The minimum Gasteiger partial charge on any atom is -0.321 e. The molecule has 6 heteroatoms. The molecule has 0 spiro atoms. The van der Waals surface area contributed by atoms with Gasteiger partial charge in [-0.05, 0) is 23.8 Å². The third-order valence-electron chi connectivity index (χ3n) is 5.53.